The maximum Gasteiger partial charge on any atom is 0.254 e. The van der Waals surface area contributed by atoms with Crippen LogP contribution in [0.25, 0.3) is 0 Å². The molecule has 3 aromatic rings. The predicted molar refractivity (Wildman–Crippen MR) is 132 cm³/mol. The highest BCUT2D eigenvalue weighted by atomic mass is 16.5. The molecule has 0 aliphatic carbocycles. The molecule has 1 N–H and O–H groups in total. The van der Waals surface area contributed by atoms with E-state index in [4.69, 9.17) is 18.9 Å². The zero-order chi connectivity index (χ0) is 25.1. The number of anilines is 1. The Hall–Kier alpha value is -4.20. The van der Waals surface area contributed by atoms with Crippen molar-refractivity contribution in [1.29, 1.82) is 0 Å². The van der Waals surface area contributed by atoms with E-state index in [-0.39, 0.29) is 11.8 Å². The molecule has 2 atom stereocenters. The van der Waals surface area contributed by atoms with E-state index in [1.54, 1.807) is 50.4 Å². The Kier molecular flexibility index (Phi) is 6.82. The van der Waals surface area contributed by atoms with E-state index in [9.17, 15) is 9.59 Å². The van der Waals surface area contributed by atoms with Gasteiger partial charge in [-0.1, -0.05) is 24.3 Å². The van der Waals surface area contributed by atoms with Crippen molar-refractivity contribution in [2.75, 3.05) is 40.8 Å². The summed E-state index contributed by atoms with van der Waals surface area (Å²) in [5.41, 5.74) is 2.27. The number of benzene rings is 3. The number of hydrogen-bond acceptors (Lipinski definition) is 6. The number of methoxy groups -OCH3 is 4. The second kappa shape index (κ2) is 9.97. The fourth-order valence-corrected chi connectivity index (χ4v) is 4.51. The summed E-state index contributed by atoms with van der Waals surface area (Å²) in [6.45, 7) is 0. The Morgan fingerprint density at radius 1 is 0.829 bits per heavy atom. The van der Waals surface area contributed by atoms with Crippen LogP contribution in [-0.2, 0) is 4.79 Å². The zero-order valence-corrected chi connectivity index (χ0v) is 20.3. The summed E-state index contributed by atoms with van der Waals surface area (Å²) in [6, 6.07) is 17.3. The maximum atomic E-state index is 13.9. The van der Waals surface area contributed by atoms with E-state index < -0.39 is 12.0 Å². The van der Waals surface area contributed by atoms with Gasteiger partial charge in [-0.3, -0.25) is 9.59 Å². The standard InChI is InChI=1S/C27H28N2O6/c1-29-25(16-10-12-17(32-2)13-11-16)24(26(30)28-20-8-6-7-9-21(20)33-3)18-14-22(34-4)23(35-5)15-19(18)27(29)31/h6-15,24-25H,1-5H3,(H,28,30)/t24-,25-/m1/s1. The second-order valence-corrected chi connectivity index (χ2v) is 8.10. The minimum absolute atomic E-state index is 0.219. The number of ether oxygens (including phenoxy) is 4. The van der Waals surface area contributed by atoms with Crippen LogP contribution in [0.1, 0.15) is 33.4 Å². The van der Waals surface area contributed by atoms with Gasteiger partial charge in [-0.05, 0) is 47.5 Å². The van der Waals surface area contributed by atoms with Gasteiger partial charge in [0.05, 0.1) is 46.1 Å². The quantitative estimate of drug-likeness (QED) is 0.548. The number of carbonyl (C=O) groups excluding carboxylic acids is 2. The number of hydrogen-bond donors (Lipinski definition) is 1. The molecule has 0 radical (unpaired) electrons. The van der Waals surface area contributed by atoms with Gasteiger partial charge in [0.25, 0.3) is 5.91 Å². The van der Waals surface area contributed by atoms with Gasteiger partial charge < -0.3 is 29.2 Å². The number of nitrogens with one attached hydrogen (secondary N) is 1. The number of fused-ring (bicyclic) bond motifs is 1. The van der Waals surface area contributed by atoms with Gasteiger partial charge in [0.15, 0.2) is 11.5 Å². The fraction of sp³-hybridized carbons (Fsp3) is 0.259. The molecule has 0 fully saturated rings. The van der Waals surface area contributed by atoms with Gasteiger partial charge in [-0.15, -0.1) is 0 Å². The van der Waals surface area contributed by atoms with Crippen LogP contribution in [0.3, 0.4) is 0 Å². The van der Waals surface area contributed by atoms with E-state index in [0.717, 1.165) is 5.56 Å². The average Bonchev–Trinajstić information content (AvgIpc) is 2.90. The molecule has 1 aliphatic heterocycles. The van der Waals surface area contributed by atoms with Crippen LogP contribution in [0.15, 0.2) is 60.7 Å². The zero-order valence-electron chi connectivity index (χ0n) is 20.3. The topological polar surface area (TPSA) is 86.3 Å². The molecule has 35 heavy (non-hydrogen) atoms. The molecular weight excluding hydrogens is 448 g/mol. The van der Waals surface area contributed by atoms with E-state index in [0.29, 0.717) is 39.8 Å². The normalized spacial score (nSPS) is 16.8. The first-order valence-corrected chi connectivity index (χ1v) is 11.0. The first kappa shape index (κ1) is 23.9. The summed E-state index contributed by atoms with van der Waals surface area (Å²) in [4.78, 5) is 29.0. The smallest absolute Gasteiger partial charge is 0.254 e. The Balaban J connectivity index is 1.88. The Bertz CT molecular complexity index is 1240. The molecule has 2 amide bonds. The van der Waals surface area contributed by atoms with E-state index in [2.05, 4.69) is 5.32 Å². The number of likely N-dealkylation sites (N-methyl/N-ethyl adjacent to an activating group) is 1. The highest BCUT2D eigenvalue weighted by Crippen LogP contribution is 2.46. The van der Waals surface area contributed by atoms with Gasteiger partial charge in [-0.25, -0.2) is 0 Å². The van der Waals surface area contributed by atoms with E-state index >= 15 is 0 Å². The first-order chi connectivity index (χ1) is 16.9. The van der Waals surface area contributed by atoms with Crippen LogP contribution < -0.4 is 24.3 Å². The molecule has 182 valence electrons. The number of amides is 2. The first-order valence-electron chi connectivity index (χ1n) is 11.0. The van der Waals surface area contributed by atoms with Crippen LogP contribution in [0.5, 0.6) is 23.0 Å². The molecule has 0 saturated carbocycles. The molecule has 8 nitrogen and oxygen atoms in total. The van der Waals surface area contributed by atoms with Crippen LogP contribution in [0, 0.1) is 0 Å². The number of nitrogens with zero attached hydrogens (tertiary/aromatic N) is 1. The molecule has 4 rings (SSSR count). The highest BCUT2D eigenvalue weighted by molar-refractivity contribution is 6.05. The van der Waals surface area contributed by atoms with Crippen molar-refractivity contribution < 1.29 is 28.5 Å². The SMILES string of the molecule is COc1ccc([C@@H]2[C@H](C(=O)Nc3ccccc3OC)c3cc(OC)c(OC)cc3C(=O)N2C)cc1. The van der Waals surface area contributed by atoms with Gasteiger partial charge in [0.2, 0.25) is 5.91 Å². The minimum atomic E-state index is -0.745. The van der Waals surface area contributed by atoms with E-state index in [1.165, 1.54) is 14.2 Å². The average molecular weight is 477 g/mol. The van der Waals surface area contributed by atoms with Gasteiger partial charge in [0.1, 0.15) is 11.5 Å². The predicted octanol–water partition coefficient (Wildman–Crippen LogP) is 4.27. The molecule has 0 saturated heterocycles. The molecule has 0 unspecified atom stereocenters. The molecule has 1 aliphatic rings. The lowest BCUT2D eigenvalue weighted by Crippen LogP contribution is -2.44. The summed E-state index contributed by atoms with van der Waals surface area (Å²) in [5.74, 6) is 0.819. The van der Waals surface area contributed by atoms with Crippen LogP contribution in [0.4, 0.5) is 5.69 Å². The second-order valence-electron chi connectivity index (χ2n) is 8.10. The number of carbonyl (C=O) groups is 2. The summed E-state index contributed by atoms with van der Waals surface area (Å²) in [7, 11) is 7.86. The molecule has 1 heterocycles. The van der Waals surface area contributed by atoms with Gasteiger partial charge in [-0.2, -0.15) is 0 Å². The third kappa shape index (κ3) is 4.35. The van der Waals surface area contributed by atoms with Crippen molar-refractivity contribution >= 4 is 17.5 Å². The molecular formula is C27H28N2O6. The largest absolute Gasteiger partial charge is 0.497 e. The third-order valence-electron chi connectivity index (χ3n) is 6.28. The summed E-state index contributed by atoms with van der Waals surface area (Å²) >= 11 is 0. The number of para-hydroxylation sites is 2. The number of rotatable bonds is 7. The fourth-order valence-electron chi connectivity index (χ4n) is 4.51. The van der Waals surface area contributed by atoms with Crippen molar-refractivity contribution in [3.05, 3.63) is 77.4 Å². The highest BCUT2D eigenvalue weighted by Gasteiger charge is 2.43. The lowest BCUT2D eigenvalue weighted by molar-refractivity contribution is -0.119. The molecule has 8 heteroatoms. The van der Waals surface area contributed by atoms with Crippen LogP contribution >= 0.6 is 0 Å². The van der Waals surface area contributed by atoms with Crippen molar-refractivity contribution in [3.8, 4) is 23.0 Å². The minimum Gasteiger partial charge on any atom is -0.497 e. The summed E-state index contributed by atoms with van der Waals surface area (Å²) in [6.07, 6.45) is 0. The van der Waals surface area contributed by atoms with Crippen LogP contribution in [0.2, 0.25) is 0 Å². The third-order valence-corrected chi connectivity index (χ3v) is 6.28. The van der Waals surface area contributed by atoms with Gasteiger partial charge >= 0.3 is 0 Å². The Labute approximate surface area is 204 Å². The Morgan fingerprint density at radius 3 is 2.09 bits per heavy atom. The molecule has 0 spiro atoms. The lowest BCUT2D eigenvalue weighted by atomic mass is 9.79. The van der Waals surface area contributed by atoms with Crippen molar-refractivity contribution in [1.82, 2.24) is 4.90 Å². The molecule has 3 aromatic carbocycles. The van der Waals surface area contributed by atoms with Gasteiger partial charge in [0, 0.05) is 12.6 Å². The summed E-state index contributed by atoms with van der Waals surface area (Å²) in [5, 5.41) is 3.00. The van der Waals surface area contributed by atoms with E-state index in [1.807, 2.05) is 36.4 Å². The van der Waals surface area contributed by atoms with Crippen LogP contribution in [-0.4, -0.2) is 52.2 Å². The Morgan fingerprint density at radius 2 is 1.46 bits per heavy atom. The van der Waals surface area contributed by atoms with Crippen molar-refractivity contribution in [3.63, 3.8) is 0 Å². The van der Waals surface area contributed by atoms with Crippen molar-refractivity contribution in [2.24, 2.45) is 0 Å². The molecule has 0 aromatic heterocycles. The molecule has 0 bridgehead atoms. The summed E-state index contributed by atoms with van der Waals surface area (Å²) < 4.78 is 21.6. The maximum absolute atomic E-state index is 13.9. The monoisotopic (exact) mass is 476 g/mol. The lowest BCUT2D eigenvalue weighted by Gasteiger charge is -2.40. The van der Waals surface area contributed by atoms with Crippen molar-refractivity contribution in [2.45, 2.75) is 12.0 Å².